The summed E-state index contributed by atoms with van der Waals surface area (Å²) < 4.78 is 0. The van der Waals surface area contributed by atoms with Gasteiger partial charge in [-0.2, -0.15) is 10.2 Å². The summed E-state index contributed by atoms with van der Waals surface area (Å²) in [5.74, 6) is -0.00812. The van der Waals surface area contributed by atoms with Crippen LogP contribution >= 0.6 is 0 Å². The average molecular weight is 255 g/mol. The number of rotatable bonds is 4. The molecule has 1 heterocycles. The highest BCUT2D eigenvalue weighted by Crippen LogP contribution is 2.04. The maximum Gasteiger partial charge on any atom is 0.224 e. The van der Waals surface area contributed by atoms with Crippen molar-refractivity contribution < 1.29 is 4.79 Å². The van der Waals surface area contributed by atoms with Crippen LogP contribution in [0.1, 0.15) is 22.5 Å². The summed E-state index contributed by atoms with van der Waals surface area (Å²) in [4.78, 5) is 11.8. The summed E-state index contributed by atoms with van der Waals surface area (Å²) >= 11 is 0. The van der Waals surface area contributed by atoms with Gasteiger partial charge in [0.15, 0.2) is 0 Å². The summed E-state index contributed by atoms with van der Waals surface area (Å²) in [6, 6.07) is 11.7. The largest absolute Gasteiger partial charge is 0.350 e. The van der Waals surface area contributed by atoms with Gasteiger partial charge in [0, 0.05) is 0 Å². The molecule has 1 amide bonds. The molecule has 0 saturated heterocycles. The summed E-state index contributed by atoms with van der Waals surface area (Å²) in [5, 5.41) is 10.8. The SMILES string of the molecule is Cc1ccc(CC(=O)NCc2ccc(C)nn2)cc1. The number of nitrogens with zero attached hydrogens (tertiary/aromatic N) is 2. The zero-order valence-electron chi connectivity index (χ0n) is 11.2. The fourth-order valence-electron chi connectivity index (χ4n) is 1.66. The zero-order valence-corrected chi connectivity index (χ0v) is 11.2. The van der Waals surface area contributed by atoms with Crippen LogP contribution in [0.25, 0.3) is 0 Å². The van der Waals surface area contributed by atoms with Gasteiger partial charge in [-0.15, -0.1) is 0 Å². The smallest absolute Gasteiger partial charge is 0.224 e. The zero-order chi connectivity index (χ0) is 13.7. The van der Waals surface area contributed by atoms with Crippen molar-refractivity contribution in [2.24, 2.45) is 0 Å². The predicted molar refractivity (Wildman–Crippen MR) is 73.5 cm³/mol. The van der Waals surface area contributed by atoms with E-state index in [0.717, 1.165) is 17.0 Å². The van der Waals surface area contributed by atoms with Crippen LogP contribution in [0.5, 0.6) is 0 Å². The quantitative estimate of drug-likeness (QED) is 0.908. The fraction of sp³-hybridized carbons (Fsp3) is 0.267. The first-order valence-corrected chi connectivity index (χ1v) is 6.25. The maximum atomic E-state index is 11.8. The highest BCUT2D eigenvalue weighted by atomic mass is 16.1. The Morgan fingerprint density at radius 1 is 1.05 bits per heavy atom. The van der Waals surface area contributed by atoms with Gasteiger partial charge in [-0.1, -0.05) is 29.8 Å². The van der Waals surface area contributed by atoms with E-state index in [4.69, 9.17) is 0 Å². The van der Waals surface area contributed by atoms with E-state index in [1.807, 2.05) is 50.2 Å². The average Bonchev–Trinajstić information content (AvgIpc) is 2.41. The topological polar surface area (TPSA) is 54.9 Å². The first kappa shape index (κ1) is 13.2. The monoisotopic (exact) mass is 255 g/mol. The molecule has 1 aromatic heterocycles. The third-order valence-corrected chi connectivity index (χ3v) is 2.81. The highest BCUT2D eigenvalue weighted by Gasteiger charge is 2.04. The number of carbonyl (C=O) groups excluding carboxylic acids is 1. The second-order valence-corrected chi connectivity index (χ2v) is 4.61. The lowest BCUT2D eigenvalue weighted by Crippen LogP contribution is -2.25. The lowest BCUT2D eigenvalue weighted by atomic mass is 10.1. The van der Waals surface area contributed by atoms with E-state index in [9.17, 15) is 4.79 Å². The molecule has 2 rings (SSSR count). The van der Waals surface area contributed by atoms with E-state index in [-0.39, 0.29) is 5.91 Å². The first-order valence-electron chi connectivity index (χ1n) is 6.25. The van der Waals surface area contributed by atoms with Crippen molar-refractivity contribution in [3.8, 4) is 0 Å². The number of hydrogen-bond donors (Lipinski definition) is 1. The molecule has 1 aromatic carbocycles. The van der Waals surface area contributed by atoms with Crippen molar-refractivity contribution in [2.45, 2.75) is 26.8 Å². The van der Waals surface area contributed by atoms with Crippen LogP contribution in [-0.4, -0.2) is 16.1 Å². The molecule has 0 saturated carbocycles. The van der Waals surface area contributed by atoms with Crippen LogP contribution in [-0.2, 0) is 17.8 Å². The Kier molecular flexibility index (Phi) is 4.23. The van der Waals surface area contributed by atoms with Crippen molar-refractivity contribution in [1.29, 1.82) is 0 Å². The maximum absolute atomic E-state index is 11.8. The molecule has 0 aliphatic carbocycles. The molecule has 98 valence electrons. The van der Waals surface area contributed by atoms with E-state index in [0.29, 0.717) is 13.0 Å². The lowest BCUT2D eigenvalue weighted by molar-refractivity contribution is -0.120. The third kappa shape index (κ3) is 4.17. The van der Waals surface area contributed by atoms with Gasteiger partial charge in [0.2, 0.25) is 5.91 Å². The molecule has 0 fully saturated rings. The van der Waals surface area contributed by atoms with Gasteiger partial charge in [0.05, 0.1) is 24.4 Å². The number of aromatic nitrogens is 2. The fourth-order valence-corrected chi connectivity index (χ4v) is 1.66. The van der Waals surface area contributed by atoms with Crippen LogP contribution in [0.3, 0.4) is 0 Å². The van der Waals surface area contributed by atoms with Crippen molar-refractivity contribution >= 4 is 5.91 Å². The van der Waals surface area contributed by atoms with Gasteiger partial charge in [-0.05, 0) is 31.5 Å². The van der Waals surface area contributed by atoms with Crippen molar-refractivity contribution in [3.05, 3.63) is 58.9 Å². The van der Waals surface area contributed by atoms with Gasteiger partial charge >= 0.3 is 0 Å². The standard InChI is InChI=1S/C15H17N3O/c1-11-3-6-13(7-4-11)9-15(19)16-10-14-8-5-12(2)17-18-14/h3-8H,9-10H2,1-2H3,(H,16,19). The van der Waals surface area contributed by atoms with Crippen LogP contribution in [0.2, 0.25) is 0 Å². The van der Waals surface area contributed by atoms with Gasteiger partial charge in [-0.25, -0.2) is 0 Å². The molecule has 1 N–H and O–H groups in total. The summed E-state index contributed by atoms with van der Waals surface area (Å²) in [6.45, 7) is 4.32. The molecule has 0 atom stereocenters. The molecule has 0 unspecified atom stereocenters. The molecule has 0 aliphatic rings. The molecule has 0 spiro atoms. The number of hydrogen-bond acceptors (Lipinski definition) is 3. The predicted octanol–water partition coefficient (Wildman–Crippen LogP) is 1.95. The number of amides is 1. The Balaban J connectivity index is 1.84. The van der Waals surface area contributed by atoms with Gasteiger partial charge < -0.3 is 5.32 Å². The molecule has 0 aliphatic heterocycles. The number of carbonyl (C=O) groups is 1. The van der Waals surface area contributed by atoms with Gasteiger partial charge in [-0.3, -0.25) is 4.79 Å². The van der Waals surface area contributed by atoms with Crippen LogP contribution in [0.15, 0.2) is 36.4 Å². The van der Waals surface area contributed by atoms with E-state index in [1.165, 1.54) is 5.56 Å². The first-order chi connectivity index (χ1) is 9.13. The van der Waals surface area contributed by atoms with E-state index in [1.54, 1.807) is 0 Å². The Bertz CT molecular complexity index is 547. The molecule has 4 nitrogen and oxygen atoms in total. The lowest BCUT2D eigenvalue weighted by Gasteiger charge is -2.05. The molecule has 4 heteroatoms. The molecular weight excluding hydrogens is 238 g/mol. The van der Waals surface area contributed by atoms with Crippen molar-refractivity contribution in [3.63, 3.8) is 0 Å². The summed E-state index contributed by atoms with van der Waals surface area (Å²) in [5.41, 5.74) is 3.84. The van der Waals surface area contributed by atoms with Crippen LogP contribution in [0.4, 0.5) is 0 Å². The second kappa shape index (κ2) is 6.09. The van der Waals surface area contributed by atoms with Gasteiger partial charge in [0.1, 0.15) is 0 Å². The molecule has 0 radical (unpaired) electrons. The third-order valence-electron chi connectivity index (χ3n) is 2.81. The van der Waals surface area contributed by atoms with E-state index < -0.39 is 0 Å². The van der Waals surface area contributed by atoms with Crippen molar-refractivity contribution in [2.75, 3.05) is 0 Å². The van der Waals surface area contributed by atoms with Crippen LogP contribution < -0.4 is 5.32 Å². The highest BCUT2D eigenvalue weighted by molar-refractivity contribution is 5.78. The van der Waals surface area contributed by atoms with E-state index in [2.05, 4.69) is 15.5 Å². The van der Waals surface area contributed by atoms with Gasteiger partial charge in [0.25, 0.3) is 0 Å². The molecule has 19 heavy (non-hydrogen) atoms. The Labute approximate surface area is 112 Å². The minimum Gasteiger partial charge on any atom is -0.350 e. The minimum absolute atomic E-state index is 0.00812. The van der Waals surface area contributed by atoms with Crippen molar-refractivity contribution in [1.82, 2.24) is 15.5 Å². The number of nitrogens with one attached hydrogen (secondary N) is 1. The van der Waals surface area contributed by atoms with E-state index >= 15 is 0 Å². The second-order valence-electron chi connectivity index (χ2n) is 4.61. The number of aryl methyl sites for hydroxylation is 2. The minimum atomic E-state index is -0.00812. The van der Waals surface area contributed by atoms with Crippen LogP contribution in [0, 0.1) is 13.8 Å². The Morgan fingerprint density at radius 2 is 1.79 bits per heavy atom. The molecule has 2 aromatic rings. The summed E-state index contributed by atoms with van der Waals surface area (Å²) in [7, 11) is 0. The molecule has 0 bridgehead atoms. The Morgan fingerprint density at radius 3 is 2.42 bits per heavy atom. The number of benzene rings is 1. The summed E-state index contributed by atoms with van der Waals surface area (Å²) in [6.07, 6.45) is 0.388. The normalized spacial score (nSPS) is 10.2. The molecular formula is C15H17N3O. The Hall–Kier alpha value is -2.23.